The van der Waals surface area contributed by atoms with Crippen LogP contribution in [0.1, 0.15) is 57.7 Å². The van der Waals surface area contributed by atoms with Crippen LogP contribution in [0.25, 0.3) is 0 Å². The van der Waals surface area contributed by atoms with Crippen LogP contribution in [0.5, 0.6) is 0 Å². The third-order valence-corrected chi connectivity index (χ3v) is 6.45. The summed E-state index contributed by atoms with van der Waals surface area (Å²) in [5, 5.41) is 0. The molecule has 3 nitrogen and oxygen atoms in total. The van der Waals surface area contributed by atoms with Crippen LogP contribution >= 0.6 is 0 Å². The molecular formula is C18H29N3. The highest BCUT2D eigenvalue weighted by atomic mass is 15.1. The minimum absolute atomic E-state index is 0.286. The molecule has 1 aromatic heterocycles. The van der Waals surface area contributed by atoms with Gasteiger partial charge in [0.1, 0.15) is 5.82 Å². The summed E-state index contributed by atoms with van der Waals surface area (Å²) in [6, 6.07) is 0.286. The Bertz CT molecular complexity index is 469. The second-order valence-corrected chi connectivity index (χ2v) is 8.22. The number of rotatable bonds is 5. The van der Waals surface area contributed by atoms with Crippen molar-refractivity contribution in [2.75, 3.05) is 0 Å². The zero-order valence-corrected chi connectivity index (χ0v) is 13.3. The molecule has 5 rings (SSSR count). The first kappa shape index (κ1) is 13.8. The molecule has 0 spiro atoms. The lowest BCUT2D eigenvalue weighted by molar-refractivity contribution is -0.0603. The van der Waals surface area contributed by atoms with Crippen LogP contribution in [0.15, 0.2) is 12.4 Å². The van der Waals surface area contributed by atoms with Gasteiger partial charge in [0.25, 0.3) is 0 Å². The van der Waals surface area contributed by atoms with Crippen LogP contribution in [-0.4, -0.2) is 15.6 Å². The predicted octanol–water partition coefficient (Wildman–Crippen LogP) is 3.38. The molecule has 1 aromatic rings. The van der Waals surface area contributed by atoms with Gasteiger partial charge in [-0.3, -0.25) is 0 Å². The van der Waals surface area contributed by atoms with E-state index in [1.807, 2.05) is 6.20 Å². The molecule has 4 saturated carbocycles. The van der Waals surface area contributed by atoms with Gasteiger partial charge < -0.3 is 10.3 Å². The molecule has 0 radical (unpaired) electrons. The number of aryl methyl sites for hydroxylation is 1. The molecule has 0 amide bonds. The van der Waals surface area contributed by atoms with Gasteiger partial charge in [-0.15, -0.1) is 0 Å². The molecule has 4 aliphatic carbocycles. The van der Waals surface area contributed by atoms with Crippen molar-refractivity contribution in [1.82, 2.24) is 9.55 Å². The maximum atomic E-state index is 6.56. The van der Waals surface area contributed by atoms with Crippen molar-refractivity contribution in [1.29, 1.82) is 0 Å². The zero-order chi connectivity index (χ0) is 14.4. The topological polar surface area (TPSA) is 43.8 Å². The Hall–Kier alpha value is -0.830. The van der Waals surface area contributed by atoms with E-state index in [1.165, 1.54) is 50.8 Å². The second kappa shape index (κ2) is 5.12. The van der Waals surface area contributed by atoms with Gasteiger partial charge in [-0.2, -0.15) is 0 Å². The van der Waals surface area contributed by atoms with E-state index in [9.17, 15) is 0 Å². The van der Waals surface area contributed by atoms with Gasteiger partial charge in [0, 0.05) is 31.4 Å². The fourth-order valence-corrected chi connectivity index (χ4v) is 6.22. The van der Waals surface area contributed by atoms with Gasteiger partial charge in [-0.1, -0.05) is 0 Å². The second-order valence-electron chi connectivity index (χ2n) is 8.22. The molecule has 4 bridgehead atoms. The molecule has 3 heteroatoms. The van der Waals surface area contributed by atoms with Gasteiger partial charge in [0.2, 0.25) is 0 Å². The zero-order valence-electron chi connectivity index (χ0n) is 13.3. The summed E-state index contributed by atoms with van der Waals surface area (Å²) in [6.45, 7) is 3.18. The summed E-state index contributed by atoms with van der Waals surface area (Å²) < 4.78 is 2.24. The van der Waals surface area contributed by atoms with E-state index < -0.39 is 0 Å². The number of nitrogens with zero attached hydrogens (tertiary/aromatic N) is 2. The lowest BCUT2D eigenvalue weighted by Gasteiger charge is -2.57. The van der Waals surface area contributed by atoms with E-state index in [2.05, 4.69) is 22.7 Å². The van der Waals surface area contributed by atoms with Gasteiger partial charge >= 0.3 is 0 Å². The lowest BCUT2D eigenvalue weighted by atomic mass is 9.48. The monoisotopic (exact) mass is 287 g/mol. The molecule has 21 heavy (non-hydrogen) atoms. The van der Waals surface area contributed by atoms with Gasteiger partial charge in [-0.05, 0) is 75.0 Å². The van der Waals surface area contributed by atoms with E-state index in [4.69, 9.17) is 5.73 Å². The SMILES string of the molecule is CCn1ccnc1CC(N)CC12CC3CC(CC(C3)C1)C2. The molecule has 1 unspecified atom stereocenters. The predicted molar refractivity (Wildman–Crippen MR) is 84.8 cm³/mol. The van der Waals surface area contributed by atoms with Gasteiger partial charge in [-0.25, -0.2) is 4.98 Å². The quantitative estimate of drug-likeness (QED) is 0.902. The molecule has 4 fully saturated rings. The van der Waals surface area contributed by atoms with Gasteiger partial charge in [0.05, 0.1) is 0 Å². The standard InChI is InChI=1S/C18H29N3/c1-2-21-4-3-20-17(21)8-16(19)12-18-9-13-5-14(10-18)7-15(6-13)11-18/h3-4,13-16H,2,5-12,19H2,1H3. The molecule has 1 atom stereocenters. The molecule has 0 saturated heterocycles. The maximum Gasteiger partial charge on any atom is 0.110 e. The highest BCUT2D eigenvalue weighted by Gasteiger charge is 2.50. The fraction of sp³-hybridized carbons (Fsp3) is 0.833. The van der Waals surface area contributed by atoms with Crippen molar-refractivity contribution in [3.63, 3.8) is 0 Å². The van der Waals surface area contributed by atoms with Crippen molar-refractivity contribution in [2.45, 2.75) is 70.9 Å². The third kappa shape index (κ3) is 2.54. The summed E-state index contributed by atoms with van der Waals surface area (Å²) in [6.07, 6.45) is 15.1. The summed E-state index contributed by atoms with van der Waals surface area (Å²) in [5.74, 6) is 4.26. The Morgan fingerprint density at radius 2 is 1.86 bits per heavy atom. The van der Waals surface area contributed by atoms with Crippen molar-refractivity contribution in [3.05, 3.63) is 18.2 Å². The van der Waals surface area contributed by atoms with E-state index in [0.29, 0.717) is 5.41 Å². The normalized spacial score (nSPS) is 38.9. The van der Waals surface area contributed by atoms with Crippen LogP contribution in [0.4, 0.5) is 0 Å². The third-order valence-electron chi connectivity index (χ3n) is 6.45. The molecule has 0 aliphatic heterocycles. The van der Waals surface area contributed by atoms with Crippen LogP contribution in [0, 0.1) is 23.2 Å². The summed E-state index contributed by atoms with van der Waals surface area (Å²) in [5.41, 5.74) is 7.15. The Labute approximate surface area is 128 Å². The maximum absolute atomic E-state index is 6.56. The van der Waals surface area contributed by atoms with Crippen LogP contribution < -0.4 is 5.73 Å². The summed E-state index contributed by atoms with van der Waals surface area (Å²) >= 11 is 0. The van der Waals surface area contributed by atoms with E-state index >= 15 is 0 Å². The molecule has 0 aromatic carbocycles. The van der Waals surface area contributed by atoms with E-state index in [0.717, 1.165) is 30.7 Å². The molecule has 116 valence electrons. The summed E-state index contributed by atoms with van der Waals surface area (Å²) in [4.78, 5) is 4.50. The molecule has 4 aliphatic rings. The van der Waals surface area contributed by atoms with Crippen molar-refractivity contribution >= 4 is 0 Å². The van der Waals surface area contributed by atoms with Crippen molar-refractivity contribution in [2.24, 2.45) is 28.9 Å². The van der Waals surface area contributed by atoms with Gasteiger partial charge in [0.15, 0.2) is 0 Å². The number of imidazole rings is 1. The lowest BCUT2D eigenvalue weighted by Crippen LogP contribution is -2.48. The highest BCUT2D eigenvalue weighted by Crippen LogP contribution is 2.61. The average Bonchev–Trinajstić information content (AvgIpc) is 2.83. The Balaban J connectivity index is 1.43. The van der Waals surface area contributed by atoms with E-state index in [-0.39, 0.29) is 6.04 Å². The van der Waals surface area contributed by atoms with E-state index in [1.54, 1.807) is 0 Å². The molecular weight excluding hydrogens is 258 g/mol. The molecule has 2 N–H and O–H groups in total. The number of nitrogens with two attached hydrogens (primary N) is 1. The highest BCUT2D eigenvalue weighted by molar-refractivity contribution is 5.04. The average molecular weight is 287 g/mol. The van der Waals surface area contributed by atoms with Crippen LogP contribution in [-0.2, 0) is 13.0 Å². The van der Waals surface area contributed by atoms with Crippen molar-refractivity contribution in [3.8, 4) is 0 Å². The Morgan fingerprint density at radius 3 is 2.43 bits per heavy atom. The first-order valence-electron chi connectivity index (χ1n) is 8.91. The smallest absolute Gasteiger partial charge is 0.110 e. The number of hydrogen-bond donors (Lipinski definition) is 1. The minimum Gasteiger partial charge on any atom is -0.335 e. The largest absolute Gasteiger partial charge is 0.335 e. The van der Waals surface area contributed by atoms with Crippen molar-refractivity contribution < 1.29 is 0 Å². The Kier molecular flexibility index (Phi) is 3.36. The minimum atomic E-state index is 0.286. The van der Waals surface area contributed by atoms with Crippen LogP contribution in [0.2, 0.25) is 0 Å². The van der Waals surface area contributed by atoms with Crippen LogP contribution in [0.3, 0.4) is 0 Å². The molecule has 1 heterocycles. The first-order chi connectivity index (χ1) is 10.2. The number of hydrogen-bond acceptors (Lipinski definition) is 2. The fourth-order valence-electron chi connectivity index (χ4n) is 6.22. The first-order valence-corrected chi connectivity index (χ1v) is 8.91. The summed E-state index contributed by atoms with van der Waals surface area (Å²) in [7, 11) is 0. The number of aromatic nitrogens is 2. The Morgan fingerprint density at radius 1 is 1.24 bits per heavy atom.